The summed E-state index contributed by atoms with van der Waals surface area (Å²) in [7, 11) is 0. The van der Waals surface area contributed by atoms with Gasteiger partial charge in [-0.2, -0.15) is 0 Å². The fourth-order valence-corrected chi connectivity index (χ4v) is 4.81. The molecule has 0 bridgehead atoms. The molecule has 0 aromatic heterocycles. The summed E-state index contributed by atoms with van der Waals surface area (Å²) >= 11 is 1.41. The minimum absolute atomic E-state index is 0.0656. The molecule has 4 rings (SSSR count). The molecule has 7 nitrogen and oxygen atoms in total. The van der Waals surface area contributed by atoms with E-state index in [1.54, 1.807) is 42.5 Å². The lowest BCUT2D eigenvalue weighted by Crippen LogP contribution is -2.30. The molecule has 3 amide bonds. The van der Waals surface area contributed by atoms with Crippen LogP contribution in [-0.4, -0.2) is 29.6 Å². The minimum Gasteiger partial charge on any atom is -0.493 e. The summed E-state index contributed by atoms with van der Waals surface area (Å²) in [5.41, 5.74) is 3.57. The number of ether oxygens (including phenoxy) is 1. The zero-order valence-corrected chi connectivity index (χ0v) is 24.5. The van der Waals surface area contributed by atoms with E-state index < -0.39 is 11.8 Å². The fraction of sp³-hybridized carbons (Fsp3) is 0.147. The molecule has 3 N–H and O–H groups in total. The number of hydrogen-bond acceptors (Lipinski definition) is 5. The number of carbonyl (C=O) groups is 3. The van der Waals surface area contributed by atoms with Gasteiger partial charge in [0, 0.05) is 27.4 Å². The lowest BCUT2D eigenvalue weighted by molar-refractivity contribution is -0.115. The van der Waals surface area contributed by atoms with Crippen LogP contribution in [-0.2, 0) is 9.59 Å². The topological polar surface area (TPSA) is 96.5 Å². The van der Waals surface area contributed by atoms with E-state index >= 15 is 0 Å². The van der Waals surface area contributed by atoms with E-state index in [-0.39, 0.29) is 16.9 Å². The van der Waals surface area contributed by atoms with E-state index in [4.69, 9.17) is 4.74 Å². The summed E-state index contributed by atoms with van der Waals surface area (Å²) in [6, 6.07) is 30.8. The normalized spacial score (nSPS) is 11.7. The van der Waals surface area contributed by atoms with E-state index in [0.717, 1.165) is 16.1 Å². The number of nitrogens with one attached hydrogen (secondary N) is 3. The molecule has 0 aliphatic carbocycles. The second kappa shape index (κ2) is 14.7. The van der Waals surface area contributed by atoms with Crippen LogP contribution in [0.3, 0.4) is 0 Å². The molecule has 4 aromatic carbocycles. The molecule has 214 valence electrons. The molecule has 4 aromatic rings. The monoisotopic (exact) mass is 579 g/mol. The maximum atomic E-state index is 13.4. The van der Waals surface area contributed by atoms with Crippen LogP contribution in [0.2, 0.25) is 0 Å². The number of para-hydroxylation sites is 1. The second-order valence-electron chi connectivity index (χ2n) is 9.44. The maximum Gasteiger partial charge on any atom is 0.272 e. The SMILES string of the molecule is CCOc1ccccc1/C=C(\NC(=O)c1ccccc1)C(=O)Nc1ccc(SC(C)C(=O)Nc2ccc(C)cc2)cc1. The Hall–Kier alpha value is -4.82. The molecule has 0 spiro atoms. The Morgan fingerprint density at radius 2 is 1.43 bits per heavy atom. The largest absolute Gasteiger partial charge is 0.493 e. The third kappa shape index (κ3) is 8.59. The third-order valence-corrected chi connectivity index (χ3v) is 7.27. The van der Waals surface area contributed by atoms with Gasteiger partial charge in [0.1, 0.15) is 11.4 Å². The van der Waals surface area contributed by atoms with Crippen molar-refractivity contribution < 1.29 is 19.1 Å². The molecule has 0 aliphatic heterocycles. The molecule has 42 heavy (non-hydrogen) atoms. The molecule has 0 heterocycles. The predicted octanol–water partition coefficient (Wildman–Crippen LogP) is 6.92. The van der Waals surface area contributed by atoms with Gasteiger partial charge >= 0.3 is 0 Å². The highest BCUT2D eigenvalue weighted by Gasteiger charge is 2.17. The van der Waals surface area contributed by atoms with Crippen LogP contribution in [0.5, 0.6) is 5.75 Å². The van der Waals surface area contributed by atoms with Gasteiger partial charge in [-0.25, -0.2) is 0 Å². The summed E-state index contributed by atoms with van der Waals surface area (Å²) in [6.07, 6.45) is 1.60. The molecule has 1 atom stereocenters. The summed E-state index contributed by atoms with van der Waals surface area (Å²) in [6.45, 7) is 6.18. The molecular weight excluding hydrogens is 546 g/mol. The molecular formula is C34H33N3O4S. The van der Waals surface area contributed by atoms with Crippen LogP contribution in [0, 0.1) is 6.92 Å². The van der Waals surface area contributed by atoms with Crippen molar-refractivity contribution in [2.45, 2.75) is 30.9 Å². The van der Waals surface area contributed by atoms with Crippen LogP contribution in [0.4, 0.5) is 11.4 Å². The first kappa shape index (κ1) is 30.1. The van der Waals surface area contributed by atoms with Crippen molar-refractivity contribution in [3.05, 3.63) is 126 Å². The van der Waals surface area contributed by atoms with E-state index in [2.05, 4.69) is 16.0 Å². The molecule has 8 heteroatoms. The van der Waals surface area contributed by atoms with Gasteiger partial charge in [-0.1, -0.05) is 54.1 Å². The van der Waals surface area contributed by atoms with Crippen molar-refractivity contribution in [3.63, 3.8) is 0 Å². The Kier molecular flexibility index (Phi) is 10.6. The van der Waals surface area contributed by atoms with Crippen LogP contribution in [0.25, 0.3) is 6.08 Å². The van der Waals surface area contributed by atoms with E-state index in [9.17, 15) is 14.4 Å². The number of carbonyl (C=O) groups excluding carboxylic acids is 3. The van der Waals surface area contributed by atoms with Gasteiger partial charge in [-0.15, -0.1) is 11.8 Å². The van der Waals surface area contributed by atoms with E-state index in [1.165, 1.54) is 11.8 Å². The Balaban J connectivity index is 1.46. The quantitative estimate of drug-likeness (QED) is 0.132. The minimum atomic E-state index is -0.489. The summed E-state index contributed by atoms with van der Waals surface area (Å²) in [5, 5.41) is 8.21. The van der Waals surface area contributed by atoms with Crippen LogP contribution in [0.15, 0.2) is 114 Å². The predicted molar refractivity (Wildman–Crippen MR) is 170 cm³/mol. The number of amides is 3. The van der Waals surface area contributed by atoms with Gasteiger partial charge < -0.3 is 20.7 Å². The molecule has 1 unspecified atom stereocenters. The van der Waals surface area contributed by atoms with Gasteiger partial charge in [-0.3, -0.25) is 14.4 Å². The second-order valence-corrected chi connectivity index (χ2v) is 10.9. The van der Waals surface area contributed by atoms with Gasteiger partial charge in [0.25, 0.3) is 11.8 Å². The lowest BCUT2D eigenvalue weighted by atomic mass is 10.1. The smallest absolute Gasteiger partial charge is 0.272 e. The van der Waals surface area contributed by atoms with Crippen molar-refractivity contribution in [2.24, 2.45) is 0 Å². The number of thioether (sulfide) groups is 1. The highest BCUT2D eigenvalue weighted by Crippen LogP contribution is 2.26. The zero-order valence-electron chi connectivity index (χ0n) is 23.7. The van der Waals surface area contributed by atoms with Crippen molar-refractivity contribution in [2.75, 3.05) is 17.2 Å². The Morgan fingerprint density at radius 3 is 2.12 bits per heavy atom. The average molecular weight is 580 g/mol. The number of hydrogen-bond donors (Lipinski definition) is 3. The number of aryl methyl sites for hydroxylation is 1. The van der Waals surface area contributed by atoms with Crippen molar-refractivity contribution >= 4 is 46.9 Å². The Bertz CT molecular complexity index is 1550. The van der Waals surface area contributed by atoms with Crippen molar-refractivity contribution in [1.82, 2.24) is 5.32 Å². The van der Waals surface area contributed by atoms with E-state index in [1.807, 2.05) is 87.5 Å². The third-order valence-electron chi connectivity index (χ3n) is 6.16. The highest BCUT2D eigenvalue weighted by atomic mass is 32.2. The number of rotatable bonds is 11. The van der Waals surface area contributed by atoms with Crippen LogP contribution >= 0.6 is 11.8 Å². The molecule has 0 fully saturated rings. The van der Waals surface area contributed by atoms with Gasteiger partial charge in [0.05, 0.1) is 11.9 Å². The van der Waals surface area contributed by atoms with Gasteiger partial charge in [0.15, 0.2) is 0 Å². The summed E-state index contributed by atoms with van der Waals surface area (Å²) in [5.74, 6) is -0.397. The summed E-state index contributed by atoms with van der Waals surface area (Å²) in [4.78, 5) is 39.9. The summed E-state index contributed by atoms with van der Waals surface area (Å²) < 4.78 is 5.71. The highest BCUT2D eigenvalue weighted by molar-refractivity contribution is 8.00. The maximum absolute atomic E-state index is 13.4. The van der Waals surface area contributed by atoms with Crippen molar-refractivity contribution in [3.8, 4) is 5.75 Å². The van der Waals surface area contributed by atoms with Gasteiger partial charge in [0.2, 0.25) is 5.91 Å². The first-order chi connectivity index (χ1) is 20.3. The first-order valence-corrected chi connectivity index (χ1v) is 14.5. The van der Waals surface area contributed by atoms with Crippen LogP contribution in [0.1, 0.15) is 35.3 Å². The fourth-order valence-electron chi connectivity index (χ4n) is 3.94. The molecule has 0 radical (unpaired) electrons. The molecule has 0 saturated carbocycles. The molecule has 0 saturated heterocycles. The van der Waals surface area contributed by atoms with Crippen LogP contribution < -0.4 is 20.7 Å². The average Bonchev–Trinajstić information content (AvgIpc) is 3.00. The number of anilines is 2. The zero-order chi connectivity index (χ0) is 29.9. The lowest BCUT2D eigenvalue weighted by Gasteiger charge is -2.14. The molecule has 0 aliphatic rings. The Morgan fingerprint density at radius 1 is 0.810 bits per heavy atom. The van der Waals surface area contributed by atoms with Crippen molar-refractivity contribution in [1.29, 1.82) is 0 Å². The number of benzene rings is 4. The standard InChI is InChI=1S/C34H33N3O4S/c1-4-41-31-13-9-8-12-26(31)22-30(37-33(39)25-10-6-5-7-11-25)34(40)36-28-18-20-29(21-19-28)42-24(3)32(38)35-27-16-14-23(2)15-17-27/h5-22,24H,4H2,1-3H3,(H,35,38)(H,36,40)(H,37,39)/b30-22-. The van der Waals surface area contributed by atoms with Gasteiger partial charge in [-0.05, 0) is 81.4 Å². The first-order valence-electron chi connectivity index (χ1n) is 13.6. The Labute approximate surface area is 250 Å². The van der Waals surface area contributed by atoms with E-state index in [0.29, 0.717) is 29.2 Å².